The monoisotopic (exact) mass is 442 g/mol. The molecule has 3 aromatic rings. The molecular weight excluding hydrogens is 419 g/mol. The molecule has 2 aromatic heterocycles. The fourth-order valence-electron chi connectivity index (χ4n) is 3.70. The molecule has 1 unspecified atom stereocenters. The average molecular weight is 443 g/mol. The Balaban J connectivity index is 1.43. The van der Waals surface area contributed by atoms with Gasteiger partial charge in [-0.15, -0.1) is 0 Å². The van der Waals surface area contributed by atoms with Crippen LogP contribution in [0.4, 0.5) is 9.52 Å². The number of nitrogens with zero attached hydrogens (tertiary/aromatic N) is 3. The maximum absolute atomic E-state index is 13.1. The number of likely N-dealkylation sites (tertiary alicyclic amines) is 1. The van der Waals surface area contributed by atoms with E-state index in [9.17, 15) is 14.0 Å². The molecule has 1 atom stereocenters. The Morgan fingerprint density at radius 2 is 2.10 bits per heavy atom. The lowest BCUT2D eigenvalue weighted by atomic mass is 9.98. The molecule has 1 N–H and O–H groups in total. The highest BCUT2D eigenvalue weighted by atomic mass is 32.1. The zero-order valence-electron chi connectivity index (χ0n) is 17.4. The summed E-state index contributed by atoms with van der Waals surface area (Å²) in [6.45, 7) is 4.36. The Morgan fingerprint density at radius 1 is 1.32 bits per heavy atom. The van der Waals surface area contributed by atoms with E-state index in [1.54, 1.807) is 30.2 Å². The predicted molar refractivity (Wildman–Crippen MR) is 115 cm³/mol. The molecule has 31 heavy (non-hydrogen) atoms. The molecule has 3 heterocycles. The number of halogens is 1. The number of carbonyl (C=O) groups excluding carboxylic acids is 2. The predicted octanol–water partition coefficient (Wildman–Crippen LogP) is 4.15. The van der Waals surface area contributed by atoms with Gasteiger partial charge in [0.05, 0.1) is 17.8 Å². The minimum Gasteiger partial charge on any atom is -0.445 e. The first kappa shape index (κ1) is 21.2. The van der Waals surface area contributed by atoms with Crippen molar-refractivity contribution in [3.63, 3.8) is 0 Å². The van der Waals surface area contributed by atoms with Gasteiger partial charge in [-0.1, -0.05) is 23.5 Å². The van der Waals surface area contributed by atoms with Gasteiger partial charge in [-0.3, -0.25) is 9.59 Å². The fraction of sp³-hybridized carbons (Fsp3) is 0.364. The number of hydrogen-bond donors (Lipinski definition) is 1. The molecule has 1 fully saturated rings. The summed E-state index contributed by atoms with van der Waals surface area (Å²) in [5, 5.41) is 3.07. The van der Waals surface area contributed by atoms with Crippen LogP contribution in [0.5, 0.6) is 0 Å². The SMILES string of the molecule is CC(=O)Nc1nc(C)c(C(=O)N2CCCC(c3ncc(Cc4ccc(F)cc4)o3)C2)s1. The van der Waals surface area contributed by atoms with E-state index in [1.165, 1.54) is 30.4 Å². The highest BCUT2D eigenvalue weighted by molar-refractivity contribution is 7.17. The van der Waals surface area contributed by atoms with Crippen LogP contribution < -0.4 is 5.32 Å². The zero-order chi connectivity index (χ0) is 22.0. The number of oxazole rings is 1. The molecule has 162 valence electrons. The number of amides is 2. The summed E-state index contributed by atoms with van der Waals surface area (Å²) in [6.07, 6.45) is 3.97. The van der Waals surface area contributed by atoms with Crippen LogP contribution in [-0.4, -0.2) is 39.8 Å². The van der Waals surface area contributed by atoms with Crippen molar-refractivity contribution in [1.82, 2.24) is 14.9 Å². The zero-order valence-corrected chi connectivity index (χ0v) is 18.2. The summed E-state index contributed by atoms with van der Waals surface area (Å²) in [5.74, 6) is 0.774. The molecule has 0 saturated carbocycles. The summed E-state index contributed by atoms with van der Waals surface area (Å²) in [6, 6.07) is 6.31. The number of aromatic nitrogens is 2. The lowest BCUT2D eigenvalue weighted by Gasteiger charge is -2.31. The minimum atomic E-state index is -0.269. The summed E-state index contributed by atoms with van der Waals surface area (Å²) < 4.78 is 19.1. The number of nitrogens with one attached hydrogen (secondary N) is 1. The summed E-state index contributed by atoms with van der Waals surface area (Å²) >= 11 is 1.19. The van der Waals surface area contributed by atoms with Crippen molar-refractivity contribution in [3.05, 3.63) is 64.1 Å². The fourth-order valence-corrected chi connectivity index (χ4v) is 4.68. The second-order valence-electron chi connectivity index (χ2n) is 7.67. The number of hydrogen-bond acceptors (Lipinski definition) is 6. The van der Waals surface area contributed by atoms with Crippen molar-refractivity contribution < 1.29 is 18.4 Å². The Hall–Kier alpha value is -3.07. The lowest BCUT2D eigenvalue weighted by Crippen LogP contribution is -2.39. The first-order valence-corrected chi connectivity index (χ1v) is 10.9. The first-order valence-electron chi connectivity index (χ1n) is 10.1. The second kappa shape index (κ2) is 8.97. The molecule has 0 radical (unpaired) electrons. The van der Waals surface area contributed by atoms with Gasteiger partial charge in [-0.25, -0.2) is 14.4 Å². The van der Waals surface area contributed by atoms with E-state index in [0.717, 1.165) is 18.4 Å². The van der Waals surface area contributed by atoms with Gasteiger partial charge in [0, 0.05) is 26.4 Å². The topological polar surface area (TPSA) is 88.3 Å². The third-order valence-corrected chi connectivity index (χ3v) is 6.26. The summed E-state index contributed by atoms with van der Waals surface area (Å²) in [5.41, 5.74) is 1.55. The Kier molecular flexibility index (Phi) is 6.13. The van der Waals surface area contributed by atoms with Crippen LogP contribution >= 0.6 is 11.3 Å². The highest BCUT2D eigenvalue weighted by Crippen LogP contribution is 2.30. The van der Waals surface area contributed by atoms with Gasteiger partial charge in [0.15, 0.2) is 11.0 Å². The summed E-state index contributed by atoms with van der Waals surface area (Å²) in [7, 11) is 0. The highest BCUT2D eigenvalue weighted by Gasteiger charge is 2.30. The number of rotatable bonds is 5. The molecule has 4 rings (SSSR count). The van der Waals surface area contributed by atoms with Crippen molar-refractivity contribution in [2.24, 2.45) is 0 Å². The Labute approximate surface area is 183 Å². The van der Waals surface area contributed by atoms with Crippen LogP contribution in [0.15, 0.2) is 34.9 Å². The molecule has 1 saturated heterocycles. The second-order valence-corrected chi connectivity index (χ2v) is 8.67. The molecule has 1 aliphatic rings. The lowest BCUT2D eigenvalue weighted by molar-refractivity contribution is -0.114. The van der Waals surface area contributed by atoms with Crippen molar-refractivity contribution in [3.8, 4) is 0 Å². The first-order chi connectivity index (χ1) is 14.9. The third-order valence-electron chi connectivity index (χ3n) is 5.19. The molecule has 1 aliphatic heterocycles. The smallest absolute Gasteiger partial charge is 0.265 e. The Bertz CT molecular complexity index is 1090. The van der Waals surface area contributed by atoms with Crippen LogP contribution in [0.3, 0.4) is 0 Å². The molecule has 0 spiro atoms. The molecule has 7 nitrogen and oxygen atoms in total. The van der Waals surface area contributed by atoms with E-state index >= 15 is 0 Å². The van der Waals surface area contributed by atoms with Crippen LogP contribution in [0.1, 0.15) is 58.3 Å². The van der Waals surface area contributed by atoms with Crippen molar-refractivity contribution in [2.75, 3.05) is 18.4 Å². The van der Waals surface area contributed by atoms with E-state index < -0.39 is 0 Å². The van der Waals surface area contributed by atoms with E-state index in [0.29, 0.717) is 46.9 Å². The van der Waals surface area contributed by atoms with Gasteiger partial charge >= 0.3 is 0 Å². The Morgan fingerprint density at radius 3 is 2.84 bits per heavy atom. The third kappa shape index (κ3) is 4.99. The van der Waals surface area contributed by atoms with Crippen LogP contribution in [0.2, 0.25) is 0 Å². The van der Waals surface area contributed by atoms with Crippen molar-refractivity contribution in [1.29, 1.82) is 0 Å². The summed E-state index contributed by atoms with van der Waals surface area (Å²) in [4.78, 5) is 35.4. The van der Waals surface area contributed by atoms with Gasteiger partial charge in [0.1, 0.15) is 16.5 Å². The van der Waals surface area contributed by atoms with Gasteiger partial charge in [-0.05, 0) is 37.5 Å². The minimum absolute atomic E-state index is 0.0164. The number of piperidine rings is 1. The van der Waals surface area contributed by atoms with Crippen molar-refractivity contribution in [2.45, 2.75) is 39.0 Å². The molecule has 1 aromatic carbocycles. The molecule has 9 heteroatoms. The van der Waals surface area contributed by atoms with Gasteiger partial charge in [0.2, 0.25) is 5.91 Å². The van der Waals surface area contributed by atoms with Crippen molar-refractivity contribution >= 4 is 28.3 Å². The van der Waals surface area contributed by atoms with E-state index in [1.807, 2.05) is 0 Å². The quantitative estimate of drug-likeness (QED) is 0.641. The van der Waals surface area contributed by atoms with Gasteiger partial charge in [0.25, 0.3) is 5.91 Å². The van der Waals surface area contributed by atoms with Crippen LogP contribution in [0.25, 0.3) is 0 Å². The molecule has 0 bridgehead atoms. The largest absolute Gasteiger partial charge is 0.445 e. The number of thiazole rings is 1. The number of benzene rings is 1. The van der Waals surface area contributed by atoms with Crippen LogP contribution in [0, 0.1) is 12.7 Å². The average Bonchev–Trinajstić information content (AvgIpc) is 3.35. The number of carbonyl (C=O) groups is 2. The van der Waals surface area contributed by atoms with E-state index in [4.69, 9.17) is 4.42 Å². The molecule has 2 amide bonds. The standard InChI is InChI=1S/C22H23FN4O3S/c1-13-19(31-22(25-13)26-14(2)28)21(29)27-9-3-4-16(12-27)20-24-11-18(30-20)10-15-5-7-17(23)8-6-15/h5-8,11,16H,3-4,9-10,12H2,1-2H3,(H,25,26,28). The maximum Gasteiger partial charge on any atom is 0.265 e. The van der Waals surface area contributed by atoms with E-state index in [2.05, 4.69) is 15.3 Å². The van der Waals surface area contributed by atoms with Gasteiger partial charge < -0.3 is 14.6 Å². The molecular formula is C22H23FN4O3S. The van der Waals surface area contributed by atoms with Crippen LogP contribution in [-0.2, 0) is 11.2 Å². The van der Waals surface area contributed by atoms with E-state index in [-0.39, 0.29) is 23.5 Å². The molecule has 0 aliphatic carbocycles. The maximum atomic E-state index is 13.1. The normalized spacial score (nSPS) is 16.4. The van der Waals surface area contributed by atoms with Gasteiger partial charge in [-0.2, -0.15) is 0 Å². The number of aryl methyl sites for hydroxylation is 1. The number of anilines is 1.